The van der Waals surface area contributed by atoms with Gasteiger partial charge in [0.05, 0.1) is 0 Å². The average molecular weight is 181 g/mol. The van der Waals surface area contributed by atoms with E-state index in [1.807, 2.05) is 0 Å². The first-order valence-electron chi connectivity index (χ1n) is 6.10. The van der Waals surface area contributed by atoms with Crippen molar-refractivity contribution in [3.05, 3.63) is 0 Å². The summed E-state index contributed by atoms with van der Waals surface area (Å²) < 4.78 is 0. The predicted octanol–water partition coefficient (Wildman–Crippen LogP) is 2.94. The third-order valence-electron chi connectivity index (χ3n) is 4.04. The van der Waals surface area contributed by atoms with E-state index in [1.54, 1.807) is 0 Å². The van der Waals surface area contributed by atoms with Gasteiger partial charge in [0.2, 0.25) is 0 Å². The Kier molecular flexibility index (Phi) is 3.26. The van der Waals surface area contributed by atoms with Gasteiger partial charge in [0, 0.05) is 0 Å². The summed E-state index contributed by atoms with van der Waals surface area (Å²) >= 11 is 0. The molecule has 2 saturated carbocycles. The molecule has 0 aromatic carbocycles. The highest BCUT2D eigenvalue weighted by molar-refractivity contribution is 4.87. The molecule has 0 spiro atoms. The van der Waals surface area contributed by atoms with E-state index >= 15 is 0 Å². The zero-order valence-corrected chi connectivity index (χ0v) is 8.67. The molecule has 0 amide bonds. The molecule has 0 aliphatic heterocycles. The van der Waals surface area contributed by atoms with E-state index in [9.17, 15) is 0 Å². The summed E-state index contributed by atoms with van der Waals surface area (Å²) in [5, 5.41) is 0. The van der Waals surface area contributed by atoms with Gasteiger partial charge in [0.15, 0.2) is 0 Å². The van der Waals surface area contributed by atoms with Crippen molar-refractivity contribution in [3.8, 4) is 0 Å². The summed E-state index contributed by atoms with van der Waals surface area (Å²) in [6.45, 7) is 0.928. The van der Waals surface area contributed by atoms with Gasteiger partial charge in [0.1, 0.15) is 0 Å². The second-order valence-electron chi connectivity index (χ2n) is 5.07. The van der Waals surface area contributed by atoms with Crippen LogP contribution in [0.1, 0.15) is 51.4 Å². The van der Waals surface area contributed by atoms with Crippen LogP contribution in [-0.4, -0.2) is 6.54 Å². The van der Waals surface area contributed by atoms with Crippen LogP contribution in [0, 0.1) is 17.8 Å². The second-order valence-corrected chi connectivity index (χ2v) is 5.07. The Labute approximate surface area is 82.1 Å². The summed E-state index contributed by atoms with van der Waals surface area (Å²) in [5.41, 5.74) is 5.77. The molecular formula is C12H23N. The molecule has 0 aromatic rings. The van der Waals surface area contributed by atoms with E-state index < -0.39 is 0 Å². The zero-order chi connectivity index (χ0) is 9.10. The first kappa shape index (κ1) is 9.51. The minimum atomic E-state index is 0.847. The first-order chi connectivity index (χ1) is 6.40. The fourth-order valence-corrected chi connectivity index (χ4v) is 2.86. The molecule has 2 N–H and O–H groups in total. The van der Waals surface area contributed by atoms with E-state index in [4.69, 9.17) is 5.73 Å². The van der Waals surface area contributed by atoms with Crippen molar-refractivity contribution in [2.24, 2.45) is 23.5 Å². The molecule has 13 heavy (non-hydrogen) atoms. The van der Waals surface area contributed by atoms with Crippen molar-refractivity contribution in [3.63, 3.8) is 0 Å². The molecule has 1 heteroatoms. The molecule has 3 unspecified atom stereocenters. The Balaban J connectivity index is 1.78. The van der Waals surface area contributed by atoms with Crippen molar-refractivity contribution in [2.45, 2.75) is 51.4 Å². The first-order valence-corrected chi connectivity index (χ1v) is 6.10. The van der Waals surface area contributed by atoms with E-state index in [2.05, 4.69) is 0 Å². The summed E-state index contributed by atoms with van der Waals surface area (Å²) in [4.78, 5) is 0. The lowest BCUT2D eigenvalue weighted by Gasteiger charge is -2.15. The van der Waals surface area contributed by atoms with E-state index in [1.165, 1.54) is 51.4 Å². The summed E-state index contributed by atoms with van der Waals surface area (Å²) in [6, 6.07) is 0. The lowest BCUT2D eigenvalue weighted by molar-refractivity contribution is 0.388. The Morgan fingerprint density at radius 1 is 0.846 bits per heavy atom. The number of nitrogens with two attached hydrogens (primary N) is 1. The average Bonchev–Trinajstić information content (AvgIpc) is 2.90. The minimum absolute atomic E-state index is 0.847. The second kappa shape index (κ2) is 4.45. The van der Waals surface area contributed by atoms with Gasteiger partial charge in [-0.3, -0.25) is 0 Å². The highest BCUT2D eigenvalue weighted by atomic mass is 14.5. The van der Waals surface area contributed by atoms with Gasteiger partial charge < -0.3 is 5.73 Å². The molecule has 2 aliphatic carbocycles. The predicted molar refractivity (Wildman–Crippen MR) is 56.5 cm³/mol. The van der Waals surface area contributed by atoms with Gasteiger partial charge in [-0.15, -0.1) is 0 Å². The summed E-state index contributed by atoms with van der Waals surface area (Å²) in [7, 11) is 0. The lowest BCUT2D eigenvalue weighted by atomic mass is 9.92. The van der Waals surface area contributed by atoms with Crippen LogP contribution >= 0.6 is 0 Å². The van der Waals surface area contributed by atoms with Gasteiger partial charge in [-0.2, -0.15) is 0 Å². The van der Waals surface area contributed by atoms with Gasteiger partial charge in [-0.25, -0.2) is 0 Å². The molecule has 76 valence electrons. The summed E-state index contributed by atoms with van der Waals surface area (Å²) in [5.74, 6) is 3.07. The van der Waals surface area contributed by atoms with Crippen molar-refractivity contribution in [1.29, 1.82) is 0 Å². The van der Waals surface area contributed by atoms with Gasteiger partial charge in [-0.05, 0) is 50.0 Å². The normalized spacial score (nSPS) is 40.8. The standard InChI is InChI=1S/C12H23N/c13-9-10-4-2-1-3-5-11-8-12(11)7-6-10/h10-12H,1-9,13H2. The molecule has 0 heterocycles. The van der Waals surface area contributed by atoms with Crippen LogP contribution in [0.25, 0.3) is 0 Å². The Morgan fingerprint density at radius 3 is 2.46 bits per heavy atom. The molecule has 2 aliphatic rings. The molecule has 2 rings (SSSR count). The van der Waals surface area contributed by atoms with Crippen molar-refractivity contribution in [2.75, 3.05) is 6.54 Å². The molecule has 0 aromatic heterocycles. The molecule has 0 bridgehead atoms. The SMILES string of the molecule is NCC1CCCCCC2CC2CC1. The topological polar surface area (TPSA) is 26.0 Å². The Morgan fingerprint density at radius 2 is 1.62 bits per heavy atom. The van der Waals surface area contributed by atoms with Gasteiger partial charge in [-0.1, -0.05) is 25.7 Å². The van der Waals surface area contributed by atoms with Crippen LogP contribution in [0.5, 0.6) is 0 Å². The molecule has 3 atom stereocenters. The van der Waals surface area contributed by atoms with Crippen LogP contribution in [-0.2, 0) is 0 Å². The van der Waals surface area contributed by atoms with Gasteiger partial charge in [0.25, 0.3) is 0 Å². The van der Waals surface area contributed by atoms with Gasteiger partial charge >= 0.3 is 0 Å². The van der Waals surface area contributed by atoms with E-state index in [0.717, 1.165) is 24.3 Å². The number of hydrogen-bond acceptors (Lipinski definition) is 1. The number of hydrogen-bond donors (Lipinski definition) is 1. The maximum absolute atomic E-state index is 5.77. The van der Waals surface area contributed by atoms with Crippen molar-refractivity contribution in [1.82, 2.24) is 0 Å². The smallest absolute Gasteiger partial charge is 0.00489 e. The molecule has 0 radical (unpaired) electrons. The number of rotatable bonds is 1. The molecule has 2 fully saturated rings. The highest BCUT2D eigenvalue weighted by Gasteiger charge is 2.36. The summed E-state index contributed by atoms with van der Waals surface area (Å²) in [6.07, 6.45) is 11.7. The quantitative estimate of drug-likeness (QED) is 0.661. The van der Waals surface area contributed by atoms with E-state index in [-0.39, 0.29) is 0 Å². The minimum Gasteiger partial charge on any atom is -0.330 e. The largest absolute Gasteiger partial charge is 0.330 e. The maximum atomic E-state index is 5.77. The highest BCUT2D eigenvalue weighted by Crippen LogP contribution is 2.46. The van der Waals surface area contributed by atoms with Crippen molar-refractivity contribution < 1.29 is 0 Å². The van der Waals surface area contributed by atoms with Crippen LogP contribution in [0.4, 0.5) is 0 Å². The van der Waals surface area contributed by atoms with Crippen LogP contribution in [0.2, 0.25) is 0 Å². The monoisotopic (exact) mass is 181 g/mol. The third kappa shape index (κ3) is 2.70. The van der Waals surface area contributed by atoms with Crippen LogP contribution < -0.4 is 5.73 Å². The van der Waals surface area contributed by atoms with Crippen molar-refractivity contribution >= 4 is 0 Å². The Hall–Kier alpha value is -0.0400. The molecule has 0 saturated heterocycles. The molecular weight excluding hydrogens is 158 g/mol. The zero-order valence-electron chi connectivity index (χ0n) is 8.67. The third-order valence-corrected chi connectivity index (χ3v) is 4.04. The maximum Gasteiger partial charge on any atom is -0.00489 e. The number of fused-ring (bicyclic) bond motifs is 1. The Bertz CT molecular complexity index is 155. The van der Waals surface area contributed by atoms with Crippen LogP contribution in [0.15, 0.2) is 0 Å². The fraction of sp³-hybridized carbons (Fsp3) is 1.00. The van der Waals surface area contributed by atoms with E-state index in [0.29, 0.717) is 0 Å². The lowest BCUT2D eigenvalue weighted by Crippen LogP contribution is -2.15. The fourth-order valence-electron chi connectivity index (χ4n) is 2.86. The molecule has 1 nitrogen and oxygen atoms in total. The van der Waals surface area contributed by atoms with Crippen LogP contribution in [0.3, 0.4) is 0 Å².